The van der Waals surface area contributed by atoms with E-state index >= 15 is 0 Å². The molecule has 9 nitrogen and oxygen atoms in total. The SMILES string of the molecule is Cc1nnc(NC(=O)CSc2c(C(C)C)cnc3c2c(=O)n(C)c(=O)n3C)s1. The summed E-state index contributed by atoms with van der Waals surface area (Å²) in [5, 5.41) is 12.0. The van der Waals surface area contributed by atoms with Crippen LogP contribution in [-0.4, -0.2) is 36.0 Å². The van der Waals surface area contributed by atoms with Crippen molar-refractivity contribution in [1.82, 2.24) is 24.3 Å². The summed E-state index contributed by atoms with van der Waals surface area (Å²) in [6, 6.07) is 0. The van der Waals surface area contributed by atoms with Crippen LogP contribution in [-0.2, 0) is 18.9 Å². The molecule has 3 rings (SSSR count). The molecular formula is C17H20N6O3S2. The first-order valence-corrected chi connectivity index (χ1v) is 10.3. The van der Waals surface area contributed by atoms with Gasteiger partial charge in [-0.05, 0) is 18.4 Å². The number of thioether (sulfide) groups is 1. The van der Waals surface area contributed by atoms with E-state index in [4.69, 9.17) is 0 Å². The molecule has 0 aliphatic carbocycles. The van der Waals surface area contributed by atoms with E-state index in [1.54, 1.807) is 20.2 Å². The van der Waals surface area contributed by atoms with Gasteiger partial charge in [0.25, 0.3) is 5.56 Å². The van der Waals surface area contributed by atoms with Crippen LogP contribution in [0.2, 0.25) is 0 Å². The first-order valence-electron chi connectivity index (χ1n) is 8.52. The van der Waals surface area contributed by atoms with E-state index in [2.05, 4.69) is 20.5 Å². The summed E-state index contributed by atoms with van der Waals surface area (Å²) < 4.78 is 2.40. The summed E-state index contributed by atoms with van der Waals surface area (Å²) in [5.74, 6) is -0.0682. The molecular weight excluding hydrogens is 400 g/mol. The predicted molar refractivity (Wildman–Crippen MR) is 110 cm³/mol. The number of rotatable bonds is 5. The molecule has 0 saturated heterocycles. The lowest BCUT2D eigenvalue weighted by Crippen LogP contribution is -2.37. The summed E-state index contributed by atoms with van der Waals surface area (Å²) >= 11 is 2.54. The van der Waals surface area contributed by atoms with E-state index in [1.165, 1.54) is 34.7 Å². The summed E-state index contributed by atoms with van der Waals surface area (Å²) in [7, 11) is 3.01. The van der Waals surface area contributed by atoms with Gasteiger partial charge in [-0.25, -0.2) is 9.78 Å². The Labute approximate surface area is 168 Å². The van der Waals surface area contributed by atoms with E-state index in [9.17, 15) is 14.4 Å². The lowest BCUT2D eigenvalue weighted by atomic mass is 10.0. The zero-order valence-electron chi connectivity index (χ0n) is 16.1. The molecule has 0 unspecified atom stereocenters. The molecule has 1 amide bonds. The Morgan fingerprint density at radius 3 is 2.57 bits per heavy atom. The van der Waals surface area contributed by atoms with Crippen molar-refractivity contribution < 1.29 is 4.79 Å². The second-order valence-electron chi connectivity index (χ2n) is 6.56. The van der Waals surface area contributed by atoms with Crippen LogP contribution in [0.25, 0.3) is 11.0 Å². The standard InChI is InChI=1S/C17H20N6O3S2/c1-8(2)10-6-18-14-12(15(25)23(5)17(26)22(14)4)13(10)27-7-11(24)19-16-21-20-9(3)28-16/h6,8H,7H2,1-5H3,(H,19,21,24). The second kappa shape index (κ2) is 7.84. The van der Waals surface area contributed by atoms with Crippen molar-refractivity contribution in [2.45, 2.75) is 31.6 Å². The number of aryl methyl sites for hydroxylation is 2. The Bertz CT molecular complexity index is 1180. The minimum atomic E-state index is -0.442. The van der Waals surface area contributed by atoms with Crippen molar-refractivity contribution in [3.05, 3.63) is 37.6 Å². The number of hydrogen-bond acceptors (Lipinski definition) is 8. The maximum absolute atomic E-state index is 12.8. The van der Waals surface area contributed by atoms with Crippen LogP contribution >= 0.6 is 23.1 Å². The second-order valence-corrected chi connectivity index (χ2v) is 8.73. The highest BCUT2D eigenvalue weighted by molar-refractivity contribution is 8.00. The molecule has 0 saturated carbocycles. The van der Waals surface area contributed by atoms with Gasteiger partial charge in [0.2, 0.25) is 11.0 Å². The first-order chi connectivity index (χ1) is 13.2. The summed E-state index contributed by atoms with van der Waals surface area (Å²) in [6.07, 6.45) is 1.67. The van der Waals surface area contributed by atoms with Crippen molar-refractivity contribution >= 4 is 45.2 Å². The maximum atomic E-state index is 12.8. The number of pyridine rings is 1. The number of hydrogen-bond donors (Lipinski definition) is 1. The smallest absolute Gasteiger partial charge is 0.300 e. The fourth-order valence-corrected chi connectivity index (χ4v) is 4.46. The van der Waals surface area contributed by atoms with Crippen LogP contribution < -0.4 is 16.6 Å². The van der Waals surface area contributed by atoms with Crippen molar-refractivity contribution in [2.75, 3.05) is 11.1 Å². The third-order valence-corrected chi connectivity index (χ3v) is 6.08. The van der Waals surface area contributed by atoms with Crippen molar-refractivity contribution in [3.8, 4) is 0 Å². The van der Waals surface area contributed by atoms with Gasteiger partial charge in [-0.15, -0.1) is 22.0 Å². The van der Waals surface area contributed by atoms with Gasteiger partial charge in [-0.3, -0.25) is 24.0 Å². The average Bonchev–Trinajstić information content (AvgIpc) is 3.06. The van der Waals surface area contributed by atoms with E-state index in [1.807, 2.05) is 13.8 Å². The van der Waals surface area contributed by atoms with Crippen LogP contribution in [0.5, 0.6) is 0 Å². The lowest BCUT2D eigenvalue weighted by molar-refractivity contribution is -0.113. The number of anilines is 1. The topological polar surface area (TPSA) is 112 Å². The zero-order valence-corrected chi connectivity index (χ0v) is 17.8. The van der Waals surface area contributed by atoms with Crippen LogP contribution in [0.1, 0.15) is 30.3 Å². The Morgan fingerprint density at radius 2 is 1.96 bits per heavy atom. The first kappa shape index (κ1) is 20.2. The summed E-state index contributed by atoms with van der Waals surface area (Å²) in [5.41, 5.74) is 0.298. The largest absolute Gasteiger partial charge is 0.332 e. The Hall–Kier alpha value is -2.53. The number of carbonyl (C=O) groups is 1. The quantitative estimate of drug-likeness (QED) is 0.625. The summed E-state index contributed by atoms with van der Waals surface area (Å²) in [4.78, 5) is 42.4. The molecule has 3 heterocycles. The molecule has 0 aliphatic heterocycles. The maximum Gasteiger partial charge on any atom is 0.332 e. The lowest BCUT2D eigenvalue weighted by Gasteiger charge is -2.16. The van der Waals surface area contributed by atoms with E-state index in [0.717, 1.165) is 15.1 Å². The number of nitrogens with one attached hydrogen (secondary N) is 1. The number of amides is 1. The Kier molecular flexibility index (Phi) is 5.66. The molecule has 0 radical (unpaired) electrons. The normalized spacial score (nSPS) is 11.4. The number of aromatic nitrogens is 5. The van der Waals surface area contributed by atoms with Crippen molar-refractivity contribution in [3.63, 3.8) is 0 Å². The zero-order chi connectivity index (χ0) is 20.6. The number of carbonyl (C=O) groups excluding carboxylic acids is 1. The summed E-state index contributed by atoms with van der Waals surface area (Å²) in [6.45, 7) is 5.78. The van der Waals surface area contributed by atoms with Crippen molar-refractivity contribution in [1.29, 1.82) is 0 Å². The minimum Gasteiger partial charge on any atom is -0.300 e. The average molecular weight is 421 g/mol. The highest BCUT2D eigenvalue weighted by Crippen LogP contribution is 2.32. The van der Waals surface area contributed by atoms with Gasteiger partial charge in [0.15, 0.2) is 0 Å². The molecule has 3 aromatic heterocycles. The molecule has 0 aromatic carbocycles. The van der Waals surface area contributed by atoms with Gasteiger partial charge >= 0.3 is 5.69 Å². The molecule has 0 bridgehead atoms. The third-order valence-electron chi connectivity index (χ3n) is 4.19. The molecule has 148 valence electrons. The van der Waals surface area contributed by atoms with Gasteiger partial charge in [0, 0.05) is 25.2 Å². The third kappa shape index (κ3) is 3.72. The molecule has 0 atom stereocenters. The Morgan fingerprint density at radius 1 is 1.25 bits per heavy atom. The van der Waals surface area contributed by atoms with Crippen molar-refractivity contribution in [2.24, 2.45) is 14.1 Å². The van der Waals surface area contributed by atoms with Crippen LogP contribution in [0.3, 0.4) is 0 Å². The van der Waals surface area contributed by atoms with E-state index in [-0.39, 0.29) is 17.6 Å². The monoisotopic (exact) mass is 420 g/mol. The highest BCUT2D eigenvalue weighted by Gasteiger charge is 2.20. The molecule has 0 spiro atoms. The van der Waals surface area contributed by atoms with Crippen LogP contribution in [0.15, 0.2) is 20.7 Å². The number of nitrogens with zero attached hydrogens (tertiary/aromatic N) is 5. The molecule has 3 aromatic rings. The Balaban J connectivity index is 2.03. The van der Waals surface area contributed by atoms with Crippen LogP contribution in [0, 0.1) is 6.92 Å². The molecule has 11 heteroatoms. The fourth-order valence-electron chi connectivity index (χ4n) is 2.72. The molecule has 1 N–H and O–H groups in total. The highest BCUT2D eigenvalue weighted by atomic mass is 32.2. The van der Waals surface area contributed by atoms with Gasteiger partial charge in [-0.2, -0.15) is 0 Å². The predicted octanol–water partition coefficient (Wildman–Crippen LogP) is 1.65. The molecule has 0 fully saturated rings. The molecule has 0 aliphatic rings. The fraction of sp³-hybridized carbons (Fsp3) is 0.412. The van der Waals surface area contributed by atoms with E-state index in [0.29, 0.717) is 21.1 Å². The van der Waals surface area contributed by atoms with Gasteiger partial charge in [-0.1, -0.05) is 25.2 Å². The van der Waals surface area contributed by atoms with E-state index < -0.39 is 11.2 Å². The van der Waals surface area contributed by atoms with Crippen LogP contribution in [0.4, 0.5) is 5.13 Å². The minimum absolute atomic E-state index is 0.0868. The van der Waals surface area contributed by atoms with Gasteiger partial charge in [0.1, 0.15) is 10.7 Å². The van der Waals surface area contributed by atoms with Gasteiger partial charge in [0.05, 0.1) is 11.1 Å². The van der Waals surface area contributed by atoms with Gasteiger partial charge < -0.3 is 0 Å². The number of fused-ring (bicyclic) bond motifs is 1. The molecule has 28 heavy (non-hydrogen) atoms.